The molecule has 0 saturated heterocycles. The summed E-state index contributed by atoms with van der Waals surface area (Å²) in [4.78, 5) is 10.8. The van der Waals surface area contributed by atoms with Gasteiger partial charge in [-0.15, -0.1) is 0 Å². The Labute approximate surface area is 144 Å². The molecular weight excluding hydrogens is 326 g/mol. The smallest absolute Gasteiger partial charge is 0.335 e. The van der Waals surface area contributed by atoms with Crippen LogP contribution < -0.4 is 5.32 Å². The highest BCUT2D eigenvalue weighted by Gasteiger charge is 2.07. The fraction of sp³-hybridized carbons (Fsp3) is 0.105. The molecule has 0 radical (unpaired) electrons. The molecule has 5 heteroatoms. The maximum atomic E-state index is 10.8. The second-order valence-corrected chi connectivity index (χ2v) is 5.87. The number of furan rings is 1. The third-order valence-corrected chi connectivity index (χ3v) is 4.12. The Kier molecular flexibility index (Phi) is 4.58. The number of hydrogen-bond acceptors (Lipinski definition) is 3. The fourth-order valence-corrected chi connectivity index (χ4v) is 2.47. The first-order valence-electron chi connectivity index (χ1n) is 7.45. The van der Waals surface area contributed by atoms with Crippen LogP contribution in [-0.2, 0) is 6.54 Å². The molecule has 0 aliphatic rings. The monoisotopic (exact) mass is 341 g/mol. The molecule has 3 aromatic rings. The van der Waals surface area contributed by atoms with Gasteiger partial charge in [-0.25, -0.2) is 4.79 Å². The number of benzene rings is 2. The molecule has 0 fully saturated rings. The zero-order valence-electron chi connectivity index (χ0n) is 13.0. The van der Waals surface area contributed by atoms with Gasteiger partial charge in [-0.05, 0) is 55.0 Å². The summed E-state index contributed by atoms with van der Waals surface area (Å²) in [6.45, 7) is 2.46. The van der Waals surface area contributed by atoms with Crippen LogP contribution in [0.25, 0.3) is 11.3 Å². The maximum absolute atomic E-state index is 10.8. The molecule has 0 aliphatic heterocycles. The molecule has 0 bridgehead atoms. The van der Waals surface area contributed by atoms with Crippen molar-refractivity contribution in [2.24, 2.45) is 0 Å². The van der Waals surface area contributed by atoms with Crippen LogP contribution in [0.2, 0.25) is 5.02 Å². The van der Waals surface area contributed by atoms with Crippen molar-refractivity contribution in [2.45, 2.75) is 13.5 Å². The minimum atomic E-state index is -0.936. The summed E-state index contributed by atoms with van der Waals surface area (Å²) in [5, 5.41) is 12.8. The van der Waals surface area contributed by atoms with Crippen LogP contribution in [0.15, 0.2) is 59.0 Å². The zero-order valence-corrected chi connectivity index (χ0v) is 13.8. The SMILES string of the molecule is Cc1ccc(-c2ccc(CNc3ccc(C(=O)O)cc3)o2)cc1Cl. The summed E-state index contributed by atoms with van der Waals surface area (Å²) in [7, 11) is 0. The summed E-state index contributed by atoms with van der Waals surface area (Å²) in [6.07, 6.45) is 0. The molecule has 0 saturated carbocycles. The average Bonchev–Trinajstić information content (AvgIpc) is 3.05. The summed E-state index contributed by atoms with van der Waals surface area (Å²) in [5.41, 5.74) is 3.05. The van der Waals surface area contributed by atoms with Crippen LogP contribution in [0.5, 0.6) is 0 Å². The van der Waals surface area contributed by atoms with Gasteiger partial charge < -0.3 is 14.8 Å². The number of carboxylic acids is 1. The van der Waals surface area contributed by atoms with Crippen LogP contribution in [0.4, 0.5) is 5.69 Å². The van der Waals surface area contributed by atoms with Crippen molar-refractivity contribution in [1.82, 2.24) is 0 Å². The minimum Gasteiger partial charge on any atom is -0.478 e. The Hall–Kier alpha value is -2.72. The molecule has 0 unspecified atom stereocenters. The predicted molar refractivity (Wildman–Crippen MR) is 94.6 cm³/mol. The van der Waals surface area contributed by atoms with Gasteiger partial charge in [-0.3, -0.25) is 0 Å². The lowest BCUT2D eigenvalue weighted by atomic mass is 10.1. The van der Waals surface area contributed by atoms with E-state index in [1.165, 1.54) is 0 Å². The van der Waals surface area contributed by atoms with Gasteiger partial charge in [0.1, 0.15) is 11.5 Å². The van der Waals surface area contributed by atoms with E-state index in [-0.39, 0.29) is 5.56 Å². The normalized spacial score (nSPS) is 10.6. The van der Waals surface area contributed by atoms with Crippen molar-refractivity contribution >= 4 is 23.3 Å². The summed E-state index contributed by atoms with van der Waals surface area (Å²) >= 11 is 6.15. The fourth-order valence-electron chi connectivity index (χ4n) is 2.29. The second kappa shape index (κ2) is 6.81. The molecule has 1 heterocycles. The van der Waals surface area contributed by atoms with Crippen molar-refractivity contribution in [2.75, 3.05) is 5.32 Å². The van der Waals surface area contributed by atoms with Crippen LogP contribution in [0.3, 0.4) is 0 Å². The van der Waals surface area contributed by atoms with Crippen LogP contribution in [0.1, 0.15) is 21.7 Å². The Morgan fingerprint density at radius 1 is 1.12 bits per heavy atom. The van der Waals surface area contributed by atoms with Gasteiger partial charge in [0, 0.05) is 16.3 Å². The van der Waals surface area contributed by atoms with Gasteiger partial charge in [0.05, 0.1) is 12.1 Å². The van der Waals surface area contributed by atoms with Gasteiger partial charge in [-0.2, -0.15) is 0 Å². The van der Waals surface area contributed by atoms with Crippen molar-refractivity contribution < 1.29 is 14.3 Å². The Bertz CT molecular complexity index is 869. The molecular formula is C19H16ClNO3. The number of carbonyl (C=O) groups is 1. The molecule has 122 valence electrons. The van der Waals surface area contributed by atoms with E-state index < -0.39 is 5.97 Å². The molecule has 2 aromatic carbocycles. The van der Waals surface area contributed by atoms with Crippen LogP contribution >= 0.6 is 11.6 Å². The Balaban J connectivity index is 1.67. The van der Waals surface area contributed by atoms with Crippen molar-refractivity contribution in [3.8, 4) is 11.3 Å². The van der Waals surface area contributed by atoms with Gasteiger partial charge in [-0.1, -0.05) is 23.7 Å². The number of rotatable bonds is 5. The highest BCUT2D eigenvalue weighted by Crippen LogP contribution is 2.27. The van der Waals surface area contributed by atoms with Gasteiger partial charge >= 0.3 is 5.97 Å². The number of aryl methyl sites for hydroxylation is 1. The molecule has 1 aromatic heterocycles. The molecule has 3 rings (SSSR count). The van der Waals surface area contributed by atoms with Crippen molar-refractivity contribution in [3.05, 3.63) is 76.5 Å². The molecule has 2 N–H and O–H groups in total. The van der Waals surface area contributed by atoms with Crippen LogP contribution in [0, 0.1) is 6.92 Å². The zero-order chi connectivity index (χ0) is 17.1. The third kappa shape index (κ3) is 3.60. The number of anilines is 1. The topological polar surface area (TPSA) is 62.5 Å². The van der Waals surface area contributed by atoms with E-state index in [4.69, 9.17) is 21.1 Å². The number of carboxylic acid groups (broad SMARTS) is 1. The molecule has 24 heavy (non-hydrogen) atoms. The lowest BCUT2D eigenvalue weighted by Gasteiger charge is -2.05. The van der Waals surface area contributed by atoms with E-state index in [1.807, 2.05) is 37.3 Å². The first kappa shape index (κ1) is 16.1. The van der Waals surface area contributed by atoms with Gasteiger partial charge in [0.25, 0.3) is 0 Å². The molecule has 0 spiro atoms. The maximum Gasteiger partial charge on any atom is 0.335 e. The minimum absolute atomic E-state index is 0.261. The third-order valence-electron chi connectivity index (χ3n) is 3.72. The second-order valence-electron chi connectivity index (χ2n) is 5.47. The predicted octanol–water partition coefficient (Wildman–Crippen LogP) is 5.22. The van der Waals surface area contributed by atoms with E-state index in [9.17, 15) is 4.79 Å². The van der Waals surface area contributed by atoms with Crippen molar-refractivity contribution in [1.29, 1.82) is 0 Å². The first-order chi connectivity index (χ1) is 11.5. The summed E-state index contributed by atoms with van der Waals surface area (Å²) < 4.78 is 5.83. The van der Waals surface area contributed by atoms with Gasteiger partial charge in [0.15, 0.2) is 0 Å². The number of halogens is 1. The van der Waals surface area contributed by atoms with Crippen molar-refractivity contribution in [3.63, 3.8) is 0 Å². The van der Waals surface area contributed by atoms with E-state index in [0.717, 1.165) is 28.3 Å². The van der Waals surface area contributed by atoms with E-state index in [1.54, 1.807) is 24.3 Å². The molecule has 0 amide bonds. The highest BCUT2D eigenvalue weighted by molar-refractivity contribution is 6.31. The number of hydrogen-bond donors (Lipinski definition) is 2. The molecule has 0 atom stereocenters. The lowest BCUT2D eigenvalue weighted by Crippen LogP contribution is -2.00. The first-order valence-corrected chi connectivity index (χ1v) is 7.83. The Morgan fingerprint density at radius 3 is 2.54 bits per heavy atom. The quantitative estimate of drug-likeness (QED) is 0.668. The van der Waals surface area contributed by atoms with Gasteiger partial charge in [0.2, 0.25) is 0 Å². The Morgan fingerprint density at radius 2 is 1.88 bits per heavy atom. The summed E-state index contributed by atoms with van der Waals surface area (Å²) in [6, 6.07) is 16.2. The highest BCUT2D eigenvalue weighted by atomic mass is 35.5. The van der Waals surface area contributed by atoms with E-state index in [2.05, 4.69) is 5.32 Å². The summed E-state index contributed by atoms with van der Waals surface area (Å²) in [5.74, 6) is 0.605. The molecule has 4 nitrogen and oxygen atoms in total. The van der Waals surface area contributed by atoms with E-state index in [0.29, 0.717) is 11.6 Å². The number of aromatic carboxylic acids is 1. The van der Waals surface area contributed by atoms with E-state index >= 15 is 0 Å². The average molecular weight is 342 g/mol. The number of nitrogens with one attached hydrogen (secondary N) is 1. The lowest BCUT2D eigenvalue weighted by molar-refractivity contribution is 0.0697. The van der Waals surface area contributed by atoms with Crippen LogP contribution in [-0.4, -0.2) is 11.1 Å². The standard InChI is InChI=1S/C19H16ClNO3/c1-12-2-3-14(10-17(12)20)18-9-8-16(24-18)11-21-15-6-4-13(5-7-15)19(22)23/h2-10,21H,11H2,1H3,(H,22,23). The molecule has 0 aliphatic carbocycles. The largest absolute Gasteiger partial charge is 0.478 e.